The molecule has 0 radical (unpaired) electrons. The number of rotatable bonds is 5. The SMILES string of the molecule is NC(=O)Cn1ccc(NC(=O)Nc2cccnc2N2CCCC2)n1. The number of amides is 3. The maximum atomic E-state index is 12.2. The largest absolute Gasteiger partial charge is 0.368 e. The van der Waals surface area contributed by atoms with E-state index < -0.39 is 11.9 Å². The van der Waals surface area contributed by atoms with Crippen LogP contribution in [0.5, 0.6) is 0 Å². The average Bonchev–Trinajstić information content (AvgIpc) is 3.19. The van der Waals surface area contributed by atoms with Crippen LogP contribution < -0.4 is 21.3 Å². The van der Waals surface area contributed by atoms with E-state index in [2.05, 4.69) is 25.6 Å². The van der Waals surface area contributed by atoms with Gasteiger partial charge in [-0.2, -0.15) is 5.10 Å². The van der Waals surface area contributed by atoms with E-state index in [1.54, 1.807) is 24.5 Å². The molecule has 2 aromatic heterocycles. The summed E-state index contributed by atoms with van der Waals surface area (Å²) in [5, 5.41) is 9.46. The van der Waals surface area contributed by atoms with Crippen LogP contribution in [0.2, 0.25) is 0 Å². The molecule has 1 saturated heterocycles. The van der Waals surface area contributed by atoms with Crippen LogP contribution in [0, 0.1) is 0 Å². The Balaban J connectivity index is 1.65. The van der Waals surface area contributed by atoms with Crippen molar-refractivity contribution >= 4 is 29.3 Å². The number of anilines is 3. The number of carbonyl (C=O) groups excluding carboxylic acids is 2. The van der Waals surface area contributed by atoms with Gasteiger partial charge in [0, 0.05) is 31.5 Å². The molecular weight excluding hydrogens is 310 g/mol. The van der Waals surface area contributed by atoms with E-state index in [0.717, 1.165) is 31.7 Å². The van der Waals surface area contributed by atoms with Crippen LogP contribution in [-0.4, -0.2) is 39.8 Å². The molecule has 1 aliphatic heterocycles. The quantitative estimate of drug-likeness (QED) is 0.756. The van der Waals surface area contributed by atoms with Crippen LogP contribution in [0.3, 0.4) is 0 Å². The first-order valence-corrected chi connectivity index (χ1v) is 7.71. The molecule has 3 rings (SSSR count). The molecule has 0 saturated carbocycles. The number of nitrogens with two attached hydrogens (primary N) is 1. The highest BCUT2D eigenvalue weighted by molar-refractivity contribution is 6.00. The van der Waals surface area contributed by atoms with E-state index in [1.807, 2.05) is 6.07 Å². The van der Waals surface area contributed by atoms with Crippen molar-refractivity contribution in [3.63, 3.8) is 0 Å². The zero-order valence-corrected chi connectivity index (χ0v) is 13.1. The summed E-state index contributed by atoms with van der Waals surface area (Å²) in [4.78, 5) is 29.5. The van der Waals surface area contributed by atoms with Gasteiger partial charge in [0.05, 0.1) is 5.69 Å². The molecule has 9 heteroatoms. The molecule has 0 aliphatic carbocycles. The van der Waals surface area contributed by atoms with Crippen molar-refractivity contribution in [1.29, 1.82) is 0 Å². The number of nitrogens with one attached hydrogen (secondary N) is 2. The Kier molecular flexibility index (Phi) is 4.59. The zero-order valence-electron chi connectivity index (χ0n) is 13.1. The molecule has 1 aliphatic rings. The molecule has 0 unspecified atom stereocenters. The second kappa shape index (κ2) is 6.99. The lowest BCUT2D eigenvalue weighted by Gasteiger charge is -2.19. The summed E-state index contributed by atoms with van der Waals surface area (Å²) in [6.07, 6.45) is 5.53. The predicted octanol–water partition coefficient (Wildman–Crippen LogP) is 1.01. The average molecular weight is 329 g/mol. The summed E-state index contributed by atoms with van der Waals surface area (Å²) in [6.45, 7) is 1.83. The van der Waals surface area contributed by atoms with Gasteiger partial charge in [0.25, 0.3) is 0 Å². The minimum absolute atomic E-state index is 0.0367. The molecule has 0 spiro atoms. The lowest BCUT2D eigenvalue weighted by molar-refractivity contribution is -0.118. The van der Waals surface area contributed by atoms with Crippen molar-refractivity contribution in [2.75, 3.05) is 28.6 Å². The molecule has 126 valence electrons. The van der Waals surface area contributed by atoms with Crippen LogP contribution >= 0.6 is 0 Å². The molecule has 24 heavy (non-hydrogen) atoms. The molecular formula is C15H19N7O2. The lowest BCUT2D eigenvalue weighted by Crippen LogP contribution is -2.25. The fourth-order valence-corrected chi connectivity index (χ4v) is 2.62. The molecule has 9 nitrogen and oxygen atoms in total. The topological polar surface area (TPSA) is 118 Å². The first-order valence-electron chi connectivity index (χ1n) is 7.71. The van der Waals surface area contributed by atoms with E-state index >= 15 is 0 Å². The minimum Gasteiger partial charge on any atom is -0.368 e. The highest BCUT2D eigenvalue weighted by atomic mass is 16.2. The Hall–Kier alpha value is -3.10. The van der Waals surface area contributed by atoms with E-state index in [1.165, 1.54) is 4.68 Å². The minimum atomic E-state index is -0.500. The summed E-state index contributed by atoms with van der Waals surface area (Å²) < 4.78 is 1.36. The lowest BCUT2D eigenvalue weighted by atomic mass is 10.3. The number of pyridine rings is 1. The van der Waals surface area contributed by atoms with Crippen LogP contribution in [0.15, 0.2) is 30.6 Å². The smallest absolute Gasteiger partial charge is 0.325 e. The van der Waals surface area contributed by atoms with Gasteiger partial charge in [-0.05, 0) is 25.0 Å². The summed E-state index contributed by atoms with van der Waals surface area (Å²) in [6, 6.07) is 4.75. The maximum Gasteiger partial charge on any atom is 0.325 e. The highest BCUT2D eigenvalue weighted by Gasteiger charge is 2.18. The van der Waals surface area contributed by atoms with Crippen LogP contribution in [-0.2, 0) is 11.3 Å². The number of aromatic nitrogens is 3. The number of nitrogens with zero attached hydrogens (tertiary/aromatic N) is 4. The first-order chi connectivity index (χ1) is 11.6. The number of urea groups is 1. The number of carbonyl (C=O) groups is 2. The van der Waals surface area contributed by atoms with Crippen LogP contribution in [0.25, 0.3) is 0 Å². The molecule has 0 bridgehead atoms. The third-order valence-electron chi connectivity index (χ3n) is 3.64. The zero-order chi connectivity index (χ0) is 16.9. The maximum absolute atomic E-state index is 12.2. The van der Waals surface area contributed by atoms with Gasteiger partial charge in [-0.15, -0.1) is 0 Å². The van der Waals surface area contributed by atoms with E-state index in [-0.39, 0.29) is 6.54 Å². The Morgan fingerprint density at radius 1 is 1.21 bits per heavy atom. The van der Waals surface area contributed by atoms with Crippen LogP contribution in [0.4, 0.5) is 22.1 Å². The predicted molar refractivity (Wildman–Crippen MR) is 89.7 cm³/mol. The third kappa shape index (κ3) is 3.80. The molecule has 0 aromatic carbocycles. The first kappa shape index (κ1) is 15.8. The van der Waals surface area contributed by atoms with Gasteiger partial charge in [0.1, 0.15) is 6.54 Å². The van der Waals surface area contributed by atoms with E-state index in [0.29, 0.717) is 11.5 Å². The van der Waals surface area contributed by atoms with Gasteiger partial charge in [0.2, 0.25) is 5.91 Å². The van der Waals surface area contributed by atoms with Gasteiger partial charge >= 0.3 is 6.03 Å². The molecule has 0 atom stereocenters. The van der Waals surface area contributed by atoms with Gasteiger partial charge in [-0.1, -0.05) is 0 Å². The Labute approximate surface area is 138 Å². The fraction of sp³-hybridized carbons (Fsp3) is 0.333. The second-order valence-electron chi connectivity index (χ2n) is 5.51. The Bertz CT molecular complexity index is 737. The monoisotopic (exact) mass is 329 g/mol. The van der Waals surface area contributed by atoms with Crippen LogP contribution in [0.1, 0.15) is 12.8 Å². The van der Waals surface area contributed by atoms with Crippen molar-refractivity contribution in [3.05, 3.63) is 30.6 Å². The molecule has 1 fully saturated rings. The van der Waals surface area contributed by atoms with Gasteiger partial charge in [-0.25, -0.2) is 9.78 Å². The summed E-state index contributed by atoms with van der Waals surface area (Å²) in [5.41, 5.74) is 5.75. The van der Waals surface area contributed by atoms with E-state index in [9.17, 15) is 9.59 Å². The number of hydrogen-bond acceptors (Lipinski definition) is 5. The summed E-state index contributed by atoms with van der Waals surface area (Å²) in [5.74, 6) is 0.601. The number of primary amides is 1. The molecule has 3 amide bonds. The number of hydrogen-bond donors (Lipinski definition) is 3. The van der Waals surface area contributed by atoms with Crippen molar-refractivity contribution < 1.29 is 9.59 Å². The highest BCUT2D eigenvalue weighted by Crippen LogP contribution is 2.26. The van der Waals surface area contributed by atoms with Crippen molar-refractivity contribution in [2.45, 2.75) is 19.4 Å². The second-order valence-corrected chi connectivity index (χ2v) is 5.51. The third-order valence-corrected chi connectivity index (χ3v) is 3.64. The summed E-state index contributed by atoms with van der Waals surface area (Å²) in [7, 11) is 0. The normalized spacial score (nSPS) is 13.8. The van der Waals surface area contributed by atoms with Crippen molar-refractivity contribution in [3.8, 4) is 0 Å². The van der Waals surface area contributed by atoms with Crippen molar-refractivity contribution in [2.24, 2.45) is 5.73 Å². The van der Waals surface area contributed by atoms with E-state index in [4.69, 9.17) is 5.73 Å². The van der Waals surface area contributed by atoms with Gasteiger partial charge in [0.15, 0.2) is 11.6 Å². The Morgan fingerprint density at radius 3 is 2.75 bits per heavy atom. The Morgan fingerprint density at radius 2 is 2.00 bits per heavy atom. The van der Waals surface area contributed by atoms with Gasteiger partial charge in [-0.3, -0.25) is 14.8 Å². The van der Waals surface area contributed by atoms with Gasteiger partial charge < -0.3 is 16.0 Å². The molecule has 2 aromatic rings. The molecule has 3 heterocycles. The fourth-order valence-electron chi connectivity index (χ4n) is 2.62. The van der Waals surface area contributed by atoms with Crippen molar-refractivity contribution in [1.82, 2.24) is 14.8 Å². The molecule has 4 N–H and O–H groups in total. The standard InChI is InChI=1S/C15H19N7O2/c16-12(23)10-22-9-5-13(20-22)19-15(24)18-11-4-3-6-17-14(11)21-7-1-2-8-21/h3-6,9H,1-2,7-8,10H2,(H2,16,23)(H2,18,19,20,24). The summed E-state index contributed by atoms with van der Waals surface area (Å²) >= 11 is 0.